The van der Waals surface area contributed by atoms with Crippen molar-refractivity contribution in [1.82, 2.24) is 9.55 Å². The van der Waals surface area contributed by atoms with Crippen LogP contribution in [0.2, 0.25) is 0 Å². The lowest BCUT2D eigenvalue weighted by atomic mass is 10.2. The highest BCUT2D eigenvalue weighted by Crippen LogP contribution is 2.38. The Morgan fingerprint density at radius 1 is 1.00 bits per heavy atom. The lowest BCUT2D eigenvalue weighted by Crippen LogP contribution is -2.15. The van der Waals surface area contributed by atoms with E-state index in [2.05, 4.69) is 0 Å². The SMILES string of the molecule is COc1ccc(-c2nc(COCc3ccccc3)c3n2-c2ccc(S(C)(=O)=O)cc2OC3)cc1. The Labute approximate surface area is 198 Å². The first-order valence-corrected chi connectivity index (χ1v) is 12.7. The number of hydrogen-bond donors (Lipinski definition) is 0. The lowest BCUT2D eigenvalue weighted by Gasteiger charge is -2.23. The molecular weight excluding hydrogens is 452 g/mol. The number of rotatable bonds is 7. The van der Waals surface area contributed by atoms with Gasteiger partial charge in [0.2, 0.25) is 0 Å². The summed E-state index contributed by atoms with van der Waals surface area (Å²) >= 11 is 0. The van der Waals surface area contributed by atoms with Crippen LogP contribution in [0.1, 0.15) is 17.0 Å². The van der Waals surface area contributed by atoms with Gasteiger partial charge in [-0.2, -0.15) is 0 Å². The number of aromatic nitrogens is 2. The normalized spacial score (nSPS) is 12.5. The van der Waals surface area contributed by atoms with Crippen molar-refractivity contribution in [3.05, 3.63) is 89.7 Å². The Kier molecular flexibility index (Phi) is 5.85. The molecule has 5 rings (SSSR count). The molecule has 0 saturated carbocycles. The summed E-state index contributed by atoms with van der Waals surface area (Å²) in [5, 5.41) is 0. The van der Waals surface area contributed by atoms with E-state index >= 15 is 0 Å². The molecule has 1 aromatic heterocycles. The van der Waals surface area contributed by atoms with E-state index in [1.54, 1.807) is 25.3 Å². The summed E-state index contributed by atoms with van der Waals surface area (Å²) in [6.07, 6.45) is 1.19. The second-order valence-electron chi connectivity index (χ2n) is 8.06. The van der Waals surface area contributed by atoms with Gasteiger partial charge in [-0.1, -0.05) is 30.3 Å². The fourth-order valence-electron chi connectivity index (χ4n) is 3.97. The first-order valence-electron chi connectivity index (χ1n) is 10.8. The smallest absolute Gasteiger partial charge is 0.175 e. The van der Waals surface area contributed by atoms with E-state index in [0.29, 0.717) is 19.0 Å². The van der Waals surface area contributed by atoms with Crippen molar-refractivity contribution in [2.24, 2.45) is 0 Å². The first kappa shape index (κ1) is 22.2. The van der Waals surface area contributed by atoms with Gasteiger partial charge in [-0.05, 0) is 42.0 Å². The van der Waals surface area contributed by atoms with E-state index in [1.807, 2.05) is 59.2 Å². The van der Waals surface area contributed by atoms with Crippen LogP contribution in [0, 0.1) is 0 Å². The number of hydrogen-bond acceptors (Lipinski definition) is 6. The molecule has 0 bridgehead atoms. The number of benzene rings is 3. The third-order valence-corrected chi connectivity index (χ3v) is 6.83. The summed E-state index contributed by atoms with van der Waals surface area (Å²) in [5.41, 5.74) is 4.37. The van der Waals surface area contributed by atoms with Crippen LogP contribution in [-0.2, 0) is 34.4 Å². The third kappa shape index (κ3) is 4.30. The second-order valence-corrected chi connectivity index (χ2v) is 10.1. The summed E-state index contributed by atoms with van der Waals surface area (Å²) in [5.74, 6) is 1.98. The molecule has 2 heterocycles. The summed E-state index contributed by atoms with van der Waals surface area (Å²) in [6.45, 7) is 1.05. The zero-order valence-electron chi connectivity index (χ0n) is 18.9. The Morgan fingerprint density at radius 3 is 2.47 bits per heavy atom. The van der Waals surface area contributed by atoms with Gasteiger partial charge in [0.05, 0.1) is 42.3 Å². The molecule has 3 aromatic carbocycles. The van der Waals surface area contributed by atoms with Gasteiger partial charge in [-0.15, -0.1) is 0 Å². The minimum atomic E-state index is -3.36. The molecule has 1 aliphatic heterocycles. The summed E-state index contributed by atoms with van der Waals surface area (Å²) in [7, 11) is -1.73. The third-order valence-electron chi connectivity index (χ3n) is 5.72. The van der Waals surface area contributed by atoms with Crippen LogP contribution in [0.25, 0.3) is 17.1 Å². The molecule has 0 unspecified atom stereocenters. The second kappa shape index (κ2) is 8.96. The van der Waals surface area contributed by atoms with Gasteiger partial charge in [0.1, 0.15) is 23.9 Å². The molecule has 0 aliphatic carbocycles. The van der Waals surface area contributed by atoms with Crippen molar-refractivity contribution < 1.29 is 22.6 Å². The summed E-state index contributed by atoms with van der Waals surface area (Å²) < 4.78 is 43.4. The number of imidazole rings is 1. The van der Waals surface area contributed by atoms with Crippen molar-refractivity contribution in [2.75, 3.05) is 13.4 Å². The molecule has 174 valence electrons. The molecule has 4 aromatic rings. The van der Waals surface area contributed by atoms with Crippen LogP contribution < -0.4 is 9.47 Å². The fraction of sp³-hybridized carbons (Fsp3) is 0.192. The molecule has 34 heavy (non-hydrogen) atoms. The highest BCUT2D eigenvalue weighted by Gasteiger charge is 2.27. The first-order chi connectivity index (χ1) is 16.4. The standard InChI is InChI=1S/C26H24N2O5S/c1-31-20-10-8-19(9-11-20)26-27-22(16-32-15-18-6-4-3-5-7-18)24-17-33-25-14-21(34(2,29)30)12-13-23(25)28(24)26/h3-14H,15-17H2,1-2H3. The summed E-state index contributed by atoms with van der Waals surface area (Å²) in [6, 6.07) is 22.6. The van der Waals surface area contributed by atoms with Crippen molar-refractivity contribution >= 4 is 9.84 Å². The van der Waals surface area contributed by atoms with Crippen molar-refractivity contribution in [3.63, 3.8) is 0 Å². The highest BCUT2D eigenvalue weighted by molar-refractivity contribution is 7.90. The molecule has 0 amide bonds. The maximum atomic E-state index is 12.0. The lowest BCUT2D eigenvalue weighted by molar-refractivity contribution is 0.103. The molecule has 0 spiro atoms. The van der Waals surface area contributed by atoms with Gasteiger partial charge in [0, 0.05) is 17.9 Å². The molecule has 0 saturated heterocycles. The van der Waals surface area contributed by atoms with Gasteiger partial charge in [0.25, 0.3) is 0 Å². The van der Waals surface area contributed by atoms with E-state index in [0.717, 1.165) is 39.8 Å². The molecule has 0 fully saturated rings. The molecule has 0 radical (unpaired) electrons. The average Bonchev–Trinajstić information content (AvgIpc) is 3.23. The maximum Gasteiger partial charge on any atom is 0.175 e. The van der Waals surface area contributed by atoms with Crippen LogP contribution in [-0.4, -0.2) is 31.3 Å². The molecule has 8 heteroatoms. The van der Waals surface area contributed by atoms with E-state index in [4.69, 9.17) is 19.2 Å². The minimum Gasteiger partial charge on any atom is -0.497 e. The minimum absolute atomic E-state index is 0.215. The predicted octanol–water partition coefficient (Wildman–Crippen LogP) is 4.56. The number of ether oxygens (including phenoxy) is 3. The van der Waals surface area contributed by atoms with E-state index in [1.165, 1.54) is 6.26 Å². The van der Waals surface area contributed by atoms with Crippen LogP contribution >= 0.6 is 0 Å². The Hall–Kier alpha value is -3.62. The number of methoxy groups -OCH3 is 1. The predicted molar refractivity (Wildman–Crippen MR) is 128 cm³/mol. The van der Waals surface area contributed by atoms with Gasteiger partial charge < -0.3 is 14.2 Å². The zero-order valence-corrected chi connectivity index (χ0v) is 19.7. The van der Waals surface area contributed by atoms with E-state index < -0.39 is 9.84 Å². The Morgan fingerprint density at radius 2 is 1.76 bits per heavy atom. The monoisotopic (exact) mass is 476 g/mol. The van der Waals surface area contributed by atoms with E-state index in [-0.39, 0.29) is 11.5 Å². The molecule has 0 N–H and O–H groups in total. The maximum absolute atomic E-state index is 12.0. The molecule has 0 atom stereocenters. The number of nitrogens with zero attached hydrogens (tertiary/aromatic N) is 2. The molecule has 1 aliphatic rings. The van der Waals surface area contributed by atoms with Crippen LogP contribution in [0.3, 0.4) is 0 Å². The van der Waals surface area contributed by atoms with Crippen LogP contribution in [0.5, 0.6) is 11.5 Å². The van der Waals surface area contributed by atoms with Crippen molar-refractivity contribution in [3.8, 4) is 28.6 Å². The summed E-state index contributed by atoms with van der Waals surface area (Å²) in [4.78, 5) is 5.13. The number of fused-ring (bicyclic) bond motifs is 3. The molecular formula is C26H24N2O5S. The highest BCUT2D eigenvalue weighted by atomic mass is 32.2. The fourth-order valence-corrected chi connectivity index (χ4v) is 4.60. The van der Waals surface area contributed by atoms with Gasteiger partial charge in [-0.25, -0.2) is 13.4 Å². The largest absolute Gasteiger partial charge is 0.497 e. The van der Waals surface area contributed by atoms with Crippen LogP contribution in [0.4, 0.5) is 0 Å². The zero-order chi connectivity index (χ0) is 23.7. The number of sulfone groups is 1. The topological polar surface area (TPSA) is 79.7 Å². The van der Waals surface area contributed by atoms with Crippen molar-refractivity contribution in [1.29, 1.82) is 0 Å². The Balaban J connectivity index is 1.55. The quantitative estimate of drug-likeness (QED) is 0.389. The van der Waals surface area contributed by atoms with Crippen molar-refractivity contribution in [2.45, 2.75) is 24.7 Å². The van der Waals surface area contributed by atoms with E-state index in [9.17, 15) is 8.42 Å². The van der Waals surface area contributed by atoms with Gasteiger partial charge >= 0.3 is 0 Å². The average molecular weight is 477 g/mol. The van der Waals surface area contributed by atoms with Gasteiger partial charge in [0.15, 0.2) is 9.84 Å². The van der Waals surface area contributed by atoms with Crippen LogP contribution in [0.15, 0.2) is 77.7 Å². The Bertz CT molecular complexity index is 1430. The van der Waals surface area contributed by atoms with Gasteiger partial charge in [-0.3, -0.25) is 4.57 Å². The molecule has 7 nitrogen and oxygen atoms in total.